The monoisotopic (exact) mass is 253 g/mol. The fourth-order valence-corrected chi connectivity index (χ4v) is 2.76. The zero-order valence-corrected chi connectivity index (χ0v) is 10.7. The molecule has 1 aromatic carbocycles. The molecule has 0 fully saturated rings. The summed E-state index contributed by atoms with van der Waals surface area (Å²) in [5.41, 5.74) is 2.37. The zero-order chi connectivity index (χ0) is 12.5. The summed E-state index contributed by atoms with van der Waals surface area (Å²) in [6.45, 7) is 1.97. The molecule has 0 aliphatic heterocycles. The van der Waals surface area contributed by atoms with Crippen LogP contribution in [0.15, 0.2) is 48.0 Å². The molecule has 2 heterocycles. The van der Waals surface area contributed by atoms with Crippen molar-refractivity contribution in [1.82, 2.24) is 4.98 Å². The third kappa shape index (κ3) is 1.73. The van der Waals surface area contributed by atoms with Crippen molar-refractivity contribution in [3.8, 4) is 0 Å². The van der Waals surface area contributed by atoms with Gasteiger partial charge in [-0.15, -0.1) is 11.3 Å². The molecule has 0 atom stereocenters. The van der Waals surface area contributed by atoms with Gasteiger partial charge in [0.1, 0.15) is 0 Å². The first-order valence-electron chi connectivity index (χ1n) is 5.70. The maximum absolute atomic E-state index is 12.5. The lowest BCUT2D eigenvalue weighted by Crippen LogP contribution is -2.02. The van der Waals surface area contributed by atoms with Crippen LogP contribution in [0.4, 0.5) is 0 Å². The predicted molar refractivity (Wildman–Crippen MR) is 74.2 cm³/mol. The third-order valence-corrected chi connectivity index (χ3v) is 3.84. The van der Waals surface area contributed by atoms with Crippen molar-refractivity contribution in [2.24, 2.45) is 0 Å². The van der Waals surface area contributed by atoms with Crippen LogP contribution in [0.2, 0.25) is 0 Å². The van der Waals surface area contributed by atoms with E-state index in [0.29, 0.717) is 0 Å². The molecule has 0 saturated heterocycles. The maximum atomic E-state index is 12.5. The number of rotatable bonds is 2. The second-order valence-electron chi connectivity index (χ2n) is 4.10. The van der Waals surface area contributed by atoms with Crippen molar-refractivity contribution in [2.75, 3.05) is 0 Å². The Morgan fingerprint density at radius 1 is 1.11 bits per heavy atom. The minimum atomic E-state index is 0.0763. The van der Waals surface area contributed by atoms with E-state index in [4.69, 9.17) is 0 Å². The molecule has 18 heavy (non-hydrogen) atoms. The lowest BCUT2D eigenvalue weighted by Gasteiger charge is -2.04. The van der Waals surface area contributed by atoms with Gasteiger partial charge in [0.05, 0.1) is 5.52 Å². The number of nitrogens with zero attached hydrogens (tertiary/aromatic N) is 1. The molecule has 0 bridgehead atoms. The minimum absolute atomic E-state index is 0.0763. The van der Waals surface area contributed by atoms with Crippen molar-refractivity contribution in [3.63, 3.8) is 0 Å². The van der Waals surface area contributed by atoms with Crippen LogP contribution in [0.5, 0.6) is 0 Å². The Bertz CT molecular complexity index is 725. The fraction of sp³-hybridized carbons (Fsp3) is 0.0667. The van der Waals surface area contributed by atoms with E-state index in [1.807, 2.05) is 42.6 Å². The number of thiophene rings is 1. The summed E-state index contributed by atoms with van der Waals surface area (Å²) in [5, 5.41) is 2.86. The highest BCUT2D eigenvalue weighted by Crippen LogP contribution is 2.23. The normalized spacial score (nSPS) is 10.7. The van der Waals surface area contributed by atoms with Crippen LogP contribution >= 0.6 is 11.3 Å². The first-order chi connectivity index (χ1) is 8.77. The van der Waals surface area contributed by atoms with E-state index >= 15 is 0 Å². The Hall–Kier alpha value is -2.00. The average Bonchev–Trinajstić information content (AvgIpc) is 2.83. The second-order valence-corrected chi connectivity index (χ2v) is 5.22. The standard InChI is InChI=1S/C15H11NOS/c1-10-11(7-9-18-10)15(17)13-6-8-16-14-5-3-2-4-12(13)14/h2-9H,1H3. The zero-order valence-electron chi connectivity index (χ0n) is 9.88. The molecule has 0 amide bonds. The Kier molecular flexibility index (Phi) is 2.68. The van der Waals surface area contributed by atoms with Gasteiger partial charge in [0.25, 0.3) is 0 Å². The third-order valence-electron chi connectivity index (χ3n) is 3.00. The maximum Gasteiger partial charge on any atom is 0.194 e. The molecule has 0 aliphatic carbocycles. The van der Waals surface area contributed by atoms with Gasteiger partial charge in [0.2, 0.25) is 0 Å². The molecule has 3 heteroatoms. The van der Waals surface area contributed by atoms with Crippen LogP contribution in [0.25, 0.3) is 10.9 Å². The number of ketones is 1. The Morgan fingerprint density at radius 2 is 1.94 bits per heavy atom. The van der Waals surface area contributed by atoms with Gasteiger partial charge in [-0.2, -0.15) is 0 Å². The molecule has 0 saturated carbocycles. The Labute approximate surface area is 109 Å². The lowest BCUT2D eigenvalue weighted by molar-refractivity contribution is 0.104. The number of aromatic nitrogens is 1. The number of hydrogen-bond acceptors (Lipinski definition) is 3. The van der Waals surface area contributed by atoms with Crippen molar-refractivity contribution in [3.05, 3.63) is 64.0 Å². The summed E-state index contributed by atoms with van der Waals surface area (Å²) in [6, 6.07) is 11.4. The van der Waals surface area contributed by atoms with Gasteiger partial charge >= 0.3 is 0 Å². The van der Waals surface area contributed by atoms with Crippen molar-refractivity contribution in [1.29, 1.82) is 0 Å². The van der Waals surface area contributed by atoms with Crippen LogP contribution in [-0.4, -0.2) is 10.8 Å². The van der Waals surface area contributed by atoms with E-state index in [1.54, 1.807) is 23.6 Å². The van der Waals surface area contributed by atoms with E-state index in [9.17, 15) is 4.79 Å². The minimum Gasteiger partial charge on any atom is -0.289 e. The van der Waals surface area contributed by atoms with Crippen LogP contribution < -0.4 is 0 Å². The van der Waals surface area contributed by atoms with Crippen molar-refractivity contribution >= 4 is 28.0 Å². The molecular formula is C15H11NOS. The number of carbonyl (C=O) groups is 1. The first-order valence-corrected chi connectivity index (χ1v) is 6.58. The number of aryl methyl sites for hydroxylation is 1. The number of benzene rings is 1. The molecule has 0 spiro atoms. The van der Waals surface area contributed by atoms with Crippen molar-refractivity contribution < 1.29 is 4.79 Å². The molecule has 2 nitrogen and oxygen atoms in total. The summed E-state index contributed by atoms with van der Waals surface area (Å²) in [7, 11) is 0. The molecule has 2 aromatic heterocycles. The summed E-state index contributed by atoms with van der Waals surface area (Å²) < 4.78 is 0. The molecule has 88 valence electrons. The van der Waals surface area contributed by atoms with E-state index < -0.39 is 0 Å². The van der Waals surface area contributed by atoms with Gasteiger partial charge in [-0.3, -0.25) is 9.78 Å². The lowest BCUT2D eigenvalue weighted by atomic mass is 10.0. The number of para-hydroxylation sites is 1. The van der Waals surface area contributed by atoms with Crippen LogP contribution in [0.3, 0.4) is 0 Å². The first kappa shape index (κ1) is 11.1. The van der Waals surface area contributed by atoms with Crippen molar-refractivity contribution in [2.45, 2.75) is 6.92 Å². The second kappa shape index (κ2) is 4.35. The van der Waals surface area contributed by atoms with Gasteiger partial charge in [-0.1, -0.05) is 18.2 Å². The highest BCUT2D eigenvalue weighted by atomic mass is 32.1. The van der Waals surface area contributed by atoms with E-state index in [2.05, 4.69) is 4.98 Å². The fourth-order valence-electron chi connectivity index (χ4n) is 2.06. The van der Waals surface area contributed by atoms with Crippen LogP contribution in [0, 0.1) is 6.92 Å². The van der Waals surface area contributed by atoms with E-state index in [-0.39, 0.29) is 5.78 Å². The SMILES string of the molecule is Cc1sccc1C(=O)c1ccnc2ccccc12. The van der Waals surface area contributed by atoms with Gasteiger partial charge < -0.3 is 0 Å². The van der Waals surface area contributed by atoms with Crippen LogP contribution in [-0.2, 0) is 0 Å². The quantitative estimate of drug-likeness (QED) is 0.649. The van der Waals surface area contributed by atoms with Gasteiger partial charge in [0, 0.05) is 27.6 Å². The number of fused-ring (bicyclic) bond motifs is 1. The molecule has 3 aromatic rings. The number of pyridine rings is 1. The number of carbonyl (C=O) groups excluding carboxylic acids is 1. The van der Waals surface area contributed by atoms with Gasteiger partial charge in [0.15, 0.2) is 5.78 Å². The Balaban J connectivity index is 2.21. The summed E-state index contributed by atoms with van der Waals surface area (Å²) >= 11 is 1.60. The molecule has 0 N–H and O–H groups in total. The van der Waals surface area contributed by atoms with E-state index in [0.717, 1.165) is 26.9 Å². The van der Waals surface area contributed by atoms with Gasteiger partial charge in [-0.25, -0.2) is 0 Å². The predicted octanol–water partition coefficient (Wildman–Crippen LogP) is 3.84. The highest BCUT2D eigenvalue weighted by Gasteiger charge is 2.15. The summed E-state index contributed by atoms with van der Waals surface area (Å²) in [5.74, 6) is 0.0763. The average molecular weight is 253 g/mol. The molecule has 0 unspecified atom stereocenters. The van der Waals surface area contributed by atoms with Crippen LogP contribution in [0.1, 0.15) is 20.8 Å². The highest BCUT2D eigenvalue weighted by molar-refractivity contribution is 7.10. The molecule has 3 rings (SSSR count). The van der Waals surface area contributed by atoms with E-state index in [1.165, 1.54) is 0 Å². The number of hydrogen-bond donors (Lipinski definition) is 0. The Morgan fingerprint density at radius 3 is 2.72 bits per heavy atom. The molecule has 0 aliphatic rings. The molecular weight excluding hydrogens is 242 g/mol. The molecule has 0 radical (unpaired) electrons. The summed E-state index contributed by atoms with van der Waals surface area (Å²) in [6.07, 6.45) is 1.69. The topological polar surface area (TPSA) is 30.0 Å². The largest absolute Gasteiger partial charge is 0.289 e. The summed E-state index contributed by atoms with van der Waals surface area (Å²) in [4.78, 5) is 17.9. The smallest absolute Gasteiger partial charge is 0.194 e. The van der Waals surface area contributed by atoms with Gasteiger partial charge in [-0.05, 0) is 30.5 Å².